The summed E-state index contributed by atoms with van der Waals surface area (Å²) in [5, 5.41) is 9.36. The number of rotatable bonds is 5. The minimum absolute atomic E-state index is 0.140. The summed E-state index contributed by atoms with van der Waals surface area (Å²) in [4.78, 5) is 0.296. The van der Waals surface area contributed by atoms with Gasteiger partial charge in [0.25, 0.3) is 0 Å². The second-order valence-electron chi connectivity index (χ2n) is 6.01. The molecule has 1 aromatic rings. The SMILES string of the molecule is CCCn1cc(S(=O)(=O)N2CCCC2(C)C)cc1CO. The first-order chi connectivity index (χ1) is 9.32. The largest absolute Gasteiger partial charge is 0.390 e. The van der Waals surface area contributed by atoms with Crippen molar-refractivity contribution in [3.8, 4) is 0 Å². The molecule has 0 aliphatic carbocycles. The zero-order valence-electron chi connectivity index (χ0n) is 12.5. The van der Waals surface area contributed by atoms with Gasteiger partial charge in [0.2, 0.25) is 10.0 Å². The molecule has 0 unspecified atom stereocenters. The van der Waals surface area contributed by atoms with Crippen molar-refractivity contribution in [3.05, 3.63) is 18.0 Å². The van der Waals surface area contributed by atoms with E-state index in [-0.39, 0.29) is 12.1 Å². The van der Waals surface area contributed by atoms with Crippen molar-refractivity contribution in [2.45, 2.75) is 63.6 Å². The molecule has 0 spiro atoms. The van der Waals surface area contributed by atoms with Gasteiger partial charge in [-0.1, -0.05) is 6.92 Å². The van der Waals surface area contributed by atoms with Gasteiger partial charge in [0, 0.05) is 30.5 Å². The van der Waals surface area contributed by atoms with Gasteiger partial charge >= 0.3 is 0 Å². The van der Waals surface area contributed by atoms with Crippen LogP contribution in [0.4, 0.5) is 0 Å². The highest BCUT2D eigenvalue weighted by atomic mass is 32.2. The highest BCUT2D eigenvalue weighted by molar-refractivity contribution is 7.89. The van der Waals surface area contributed by atoms with Crippen molar-refractivity contribution in [2.24, 2.45) is 0 Å². The quantitative estimate of drug-likeness (QED) is 0.904. The molecular formula is C14H24N2O3S. The summed E-state index contributed by atoms with van der Waals surface area (Å²) in [5.74, 6) is 0. The predicted octanol–water partition coefficient (Wildman–Crippen LogP) is 1.95. The average molecular weight is 300 g/mol. The lowest BCUT2D eigenvalue weighted by Crippen LogP contribution is -2.42. The van der Waals surface area contributed by atoms with Crippen molar-refractivity contribution >= 4 is 10.0 Å². The second kappa shape index (κ2) is 5.50. The maximum atomic E-state index is 12.8. The van der Waals surface area contributed by atoms with Crippen molar-refractivity contribution in [2.75, 3.05) is 6.54 Å². The molecule has 6 heteroatoms. The monoisotopic (exact) mass is 300 g/mol. The Bertz CT molecular complexity index is 575. The molecule has 0 atom stereocenters. The van der Waals surface area contributed by atoms with E-state index < -0.39 is 10.0 Å². The number of aliphatic hydroxyl groups excluding tert-OH is 1. The number of aliphatic hydroxyl groups is 1. The van der Waals surface area contributed by atoms with Gasteiger partial charge in [0.15, 0.2) is 0 Å². The number of hydrogen-bond acceptors (Lipinski definition) is 3. The van der Waals surface area contributed by atoms with Crippen LogP contribution in [0.3, 0.4) is 0 Å². The lowest BCUT2D eigenvalue weighted by atomic mass is 10.0. The Morgan fingerprint density at radius 1 is 1.40 bits per heavy atom. The summed E-state index contributed by atoms with van der Waals surface area (Å²) < 4.78 is 29.0. The van der Waals surface area contributed by atoms with E-state index in [0.29, 0.717) is 17.1 Å². The van der Waals surface area contributed by atoms with Crippen molar-refractivity contribution in [3.63, 3.8) is 0 Å². The highest BCUT2D eigenvalue weighted by Gasteiger charge is 2.41. The number of nitrogens with zero attached hydrogens (tertiary/aromatic N) is 2. The Labute approximate surface area is 121 Å². The number of aryl methyl sites for hydroxylation is 1. The van der Waals surface area contributed by atoms with Crippen molar-refractivity contribution < 1.29 is 13.5 Å². The van der Waals surface area contributed by atoms with E-state index in [1.807, 2.05) is 25.3 Å². The Morgan fingerprint density at radius 3 is 2.60 bits per heavy atom. The smallest absolute Gasteiger partial charge is 0.245 e. The van der Waals surface area contributed by atoms with Gasteiger partial charge < -0.3 is 9.67 Å². The molecule has 2 rings (SSSR count). The van der Waals surface area contributed by atoms with Gasteiger partial charge in [-0.3, -0.25) is 0 Å². The fourth-order valence-corrected chi connectivity index (χ4v) is 4.81. The van der Waals surface area contributed by atoms with Crippen LogP contribution in [0, 0.1) is 0 Å². The lowest BCUT2D eigenvalue weighted by molar-refractivity contribution is 0.270. The molecule has 20 heavy (non-hydrogen) atoms. The Hall–Kier alpha value is -0.850. The Balaban J connectivity index is 2.39. The fraction of sp³-hybridized carbons (Fsp3) is 0.714. The van der Waals surface area contributed by atoms with Gasteiger partial charge in [0.1, 0.15) is 4.90 Å². The van der Waals surface area contributed by atoms with Crippen LogP contribution in [0.25, 0.3) is 0 Å². The minimum atomic E-state index is -3.48. The summed E-state index contributed by atoms with van der Waals surface area (Å²) >= 11 is 0. The van der Waals surface area contributed by atoms with E-state index in [4.69, 9.17) is 0 Å². The van der Waals surface area contributed by atoms with Crippen LogP contribution >= 0.6 is 0 Å². The third kappa shape index (κ3) is 2.64. The van der Waals surface area contributed by atoms with Crippen LogP contribution in [0.15, 0.2) is 17.2 Å². The standard InChI is InChI=1S/C14H24N2O3S/c1-4-7-15-10-13(9-12(15)11-17)20(18,19)16-8-5-6-14(16,2)3/h9-10,17H,4-8,11H2,1-3H3. The molecule has 114 valence electrons. The first-order valence-corrected chi connectivity index (χ1v) is 8.59. The van der Waals surface area contributed by atoms with Crippen LogP contribution in [0.1, 0.15) is 45.7 Å². The van der Waals surface area contributed by atoms with Crippen molar-refractivity contribution in [1.29, 1.82) is 0 Å². The van der Waals surface area contributed by atoms with E-state index in [1.165, 1.54) is 0 Å². The molecule has 0 amide bonds. The van der Waals surface area contributed by atoms with Gasteiger partial charge in [-0.05, 0) is 39.2 Å². The second-order valence-corrected chi connectivity index (χ2v) is 7.87. The zero-order chi connectivity index (χ0) is 15.0. The highest BCUT2D eigenvalue weighted by Crippen LogP contribution is 2.34. The topological polar surface area (TPSA) is 62.5 Å². The molecule has 1 saturated heterocycles. The van der Waals surface area contributed by atoms with Gasteiger partial charge in [-0.2, -0.15) is 4.31 Å². The number of aromatic nitrogens is 1. The summed E-state index contributed by atoms with van der Waals surface area (Å²) in [5.41, 5.74) is 0.327. The molecule has 5 nitrogen and oxygen atoms in total. The molecule has 0 aromatic carbocycles. The van der Waals surface area contributed by atoms with Crippen LogP contribution in [0.5, 0.6) is 0 Å². The van der Waals surface area contributed by atoms with E-state index in [1.54, 1.807) is 16.6 Å². The lowest BCUT2D eigenvalue weighted by Gasteiger charge is -2.30. The first kappa shape index (κ1) is 15.5. The fourth-order valence-electron chi connectivity index (χ4n) is 2.90. The summed E-state index contributed by atoms with van der Waals surface area (Å²) in [6, 6.07) is 1.60. The Morgan fingerprint density at radius 2 is 2.10 bits per heavy atom. The number of sulfonamides is 1. The molecule has 0 radical (unpaired) electrons. The number of hydrogen-bond donors (Lipinski definition) is 1. The normalized spacial score (nSPS) is 19.6. The van der Waals surface area contributed by atoms with E-state index in [2.05, 4.69) is 0 Å². The average Bonchev–Trinajstić information content (AvgIpc) is 2.93. The molecule has 1 aliphatic rings. The van der Waals surface area contributed by atoms with Gasteiger partial charge in [-0.25, -0.2) is 8.42 Å². The predicted molar refractivity (Wildman–Crippen MR) is 77.9 cm³/mol. The zero-order valence-corrected chi connectivity index (χ0v) is 13.3. The summed E-state index contributed by atoms with van der Waals surface area (Å²) in [6.07, 6.45) is 4.33. The van der Waals surface area contributed by atoms with Crippen LogP contribution in [0.2, 0.25) is 0 Å². The van der Waals surface area contributed by atoms with Gasteiger partial charge in [-0.15, -0.1) is 0 Å². The first-order valence-electron chi connectivity index (χ1n) is 7.15. The van der Waals surface area contributed by atoms with E-state index in [0.717, 1.165) is 25.8 Å². The van der Waals surface area contributed by atoms with Crippen LogP contribution in [-0.2, 0) is 23.2 Å². The summed E-state index contributed by atoms with van der Waals surface area (Å²) in [7, 11) is -3.48. The molecule has 1 aliphatic heterocycles. The third-order valence-electron chi connectivity index (χ3n) is 4.00. The van der Waals surface area contributed by atoms with Crippen LogP contribution in [-0.4, -0.2) is 34.5 Å². The molecule has 1 fully saturated rings. The summed E-state index contributed by atoms with van der Waals surface area (Å²) in [6.45, 7) is 7.11. The molecule has 1 aromatic heterocycles. The molecule has 0 saturated carbocycles. The molecule has 2 heterocycles. The third-order valence-corrected chi connectivity index (χ3v) is 6.08. The maximum absolute atomic E-state index is 12.8. The Kier molecular flexibility index (Phi) is 4.27. The van der Waals surface area contributed by atoms with E-state index >= 15 is 0 Å². The van der Waals surface area contributed by atoms with Crippen molar-refractivity contribution in [1.82, 2.24) is 8.87 Å². The minimum Gasteiger partial charge on any atom is -0.390 e. The van der Waals surface area contributed by atoms with Crippen LogP contribution < -0.4 is 0 Å². The van der Waals surface area contributed by atoms with Gasteiger partial charge in [0.05, 0.1) is 6.61 Å². The maximum Gasteiger partial charge on any atom is 0.245 e. The molecule has 0 bridgehead atoms. The molecular weight excluding hydrogens is 276 g/mol. The van der Waals surface area contributed by atoms with E-state index in [9.17, 15) is 13.5 Å². The molecule has 1 N–H and O–H groups in total.